The van der Waals surface area contributed by atoms with E-state index in [-0.39, 0.29) is 4.90 Å². The molecule has 0 spiro atoms. The van der Waals surface area contributed by atoms with Gasteiger partial charge in [0.05, 0.1) is 16.4 Å². The van der Waals surface area contributed by atoms with Crippen LogP contribution in [0, 0.1) is 12.7 Å². The molecule has 20 heavy (non-hydrogen) atoms. The molecule has 0 unspecified atom stereocenters. The largest absolute Gasteiger partial charge is 0.278 e. The van der Waals surface area contributed by atoms with Gasteiger partial charge in [0.15, 0.2) is 0 Å². The van der Waals surface area contributed by atoms with Gasteiger partial charge in [0.25, 0.3) is 10.0 Å². The van der Waals surface area contributed by atoms with Crippen LogP contribution >= 0.6 is 27.5 Å². The van der Waals surface area contributed by atoms with Crippen molar-refractivity contribution >= 4 is 43.2 Å². The third kappa shape index (κ3) is 3.11. The lowest BCUT2D eigenvalue weighted by Gasteiger charge is -2.11. The fourth-order valence-corrected chi connectivity index (χ4v) is 3.46. The molecule has 0 aliphatic heterocycles. The highest BCUT2D eigenvalue weighted by atomic mass is 79.9. The molecule has 0 atom stereocenters. The van der Waals surface area contributed by atoms with Gasteiger partial charge in [0.1, 0.15) is 10.7 Å². The molecule has 0 aliphatic carbocycles. The second-order valence-electron chi connectivity index (χ2n) is 3.94. The summed E-state index contributed by atoms with van der Waals surface area (Å²) in [6, 6.07) is 5.16. The minimum absolute atomic E-state index is 0.291. The molecule has 0 radical (unpaired) electrons. The summed E-state index contributed by atoms with van der Waals surface area (Å²) in [6.07, 6.45) is 1.54. The summed E-state index contributed by atoms with van der Waals surface area (Å²) >= 11 is 8.90. The fourth-order valence-electron chi connectivity index (χ4n) is 1.50. The van der Waals surface area contributed by atoms with Crippen LogP contribution in [0.5, 0.6) is 0 Å². The Morgan fingerprint density at radius 3 is 2.80 bits per heavy atom. The predicted molar refractivity (Wildman–Crippen MR) is 78.9 cm³/mol. The zero-order valence-electron chi connectivity index (χ0n) is 10.2. The molecule has 106 valence electrons. The first-order valence-electron chi connectivity index (χ1n) is 5.40. The molecular weight excluding hydrogens is 371 g/mol. The molecule has 0 aliphatic rings. The minimum Gasteiger partial charge on any atom is -0.278 e. The standard InChI is InChI=1S/C12H9BrClFN2O2S/c1-7-10(5-8(13)6-16-7)17-20(18,19)11-4-2-3-9(15)12(11)14/h2-6,17H,1H3. The second-order valence-corrected chi connectivity index (χ2v) is 6.89. The molecular formula is C12H9BrClFN2O2S. The van der Waals surface area contributed by atoms with Crippen molar-refractivity contribution in [3.63, 3.8) is 0 Å². The normalized spacial score (nSPS) is 11.4. The quantitative estimate of drug-likeness (QED) is 0.883. The van der Waals surface area contributed by atoms with E-state index in [1.807, 2.05) is 0 Å². The SMILES string of the molecule is Cc1ncc(Br)cc1NS(=O)(=O)c1cccc(F)c1Cl. The number of halogens is 3. The van der Waals surface area contributed by atoms with Crippen LogP contribution in [-0.4, -0.2) is 13.4 Å². The van der Waals surface area contributed by atoms with E-state index in [0.29, 0.717) is 15.9 Å². The van der Waals surface area contributed by atoms with E-state index in [0.717, 1.165) is 6.07 Å². The molecule has 2 aromatic rings. The zero-order chi connectivity index (χ0) is 14.9. The first-order valence-corrected chi connectivity index (χ1v) is 8.05. The van der Waals surface area contributed by atoms with Gasteiger partial charge in [-0.1, -0.05) is 17.7 Å². The summed E-state index contributed by atoms with van der Waals surface area (Å²) in [4.78, 5) is 3.69. The Morgan fingerprint density at radius 2 is 2.10 bits per heavy atom. The van der Waals surface area contributed by atoms with Crippen molar-refractivity contribution in [1.82, 2.24) is 4.98 Å². The molecule has 1 aromatic heterocycles. The van der Waals surface area contributed by atoms with Crippen LogP contribution in [0.4, 0.5) is 10.1 Å². The lowest BCUT2D eigenvalue weighted by molar-refractivity contribution is 0.595. The average Bonchev–Trinajstić information content (AvgIpc) is 2.36. The van der Waals surface area contributed by atoms with Crippen molar-refractivity contribution in [3.05, 3.63) is 51.5 Å². The van der Waals surface area contributed by atoms with Gasteiger partial charge in [-0.25, -0.2) is 12.8 Å². The summed E-state index contributed by atoms with van der Waals surface area (Å²) in [5, 5.41) is -0.444. The number of rotatable bonds is 3. The monoisotopic (exact) mass is 378 g/mol. The zero-order valence-corrected chi connectivity index (χ0v) is 13.4. The Morgan fingerprint density at radius 1 is 1.40 bits per heavy atom. The Hall–Kier alpha value is -1.18. The summed E-state index contributed by atoms with van der Waals surface area (Å²) in [6.45, 7) is 1.65. The van der Waals surface area contributed by atoms with E-state index in [2.05, 4.69) is 25.6 Å². The maximum absolute atomic E-state index is 13.3. The van der Waals surface area contributed by atoms with Gasteiger partial charge in [-0.05, 0) is 41.1 Å². The molecule has 4 nitrogen and oxygen atoms in total. The van der Waals surface area contributed by atoms with Gasteiger partial charge < -0.3 is 0 Å². The summed E-state index contributed by atoms with van der Waals surface area (Å²) < 4.78 is 40.8. The van der Waals surface area contributed by atoms with E-state index in [4.69, 9.17) is 11.6 Å². The number of nitrogens with zero attached hydrogens (tertiary/aromatic N) is 1. The number of anilines is 1. The second kappa shape index (κ2) is 5.67. The molecule has 8 heteroatoms. The lowest BCUT2D eigenvalue weighted by Crippen LogP contribution is -2.15. The molecule has 0 amide bonds. The van der Waals surface area contributed by atoms with Gasteiger partial charge in [0, 0.05) is 10.7 Å². The first kappa shape index (κ1) is 15.2. The van der Waals surface area contributed by atoms with E-state index < -0.39 is 20.9 Å². The number of aromatic nitrogens is 1. The smallest absolute Gasteiger partial charge is 0.263 e. The summed E-state index contributed by atoms with van der Waals surface area (Å²) in [5.74, 6) is -0.793. The average molecular weight is 380 g/mol. The molecule has 1 aromatic carbocycles. The molecule has 1 N–H and O–H groups in total. The van der Waals surface area contributed by atoms with Crippen LogP contribution in [-0.2, 0) is 10.0 Å². The Labute approximate surface area is 129 Å². The fraction of sp³-hybridized carbons (Fsp3) is 0.0833. The van der Waals surface area contributed by atoms with E-state index in [9.17, 15) is 12.8 Å². The number of benzene rings is 1. The lowest BCUT2D eigenvalue weighted by atomic mass is 10.3. The van der Waals surface area contributed by atoms with Gasteiger partial charge in [-0.15, -0.1) is 0 Å². The highest BCUT2D eigenvalue weighted by Crippen LogP contribution is 2.27. The number of hydrogen-bond acceptors (Lipinski definition) is 3. The molecule has 2 rings (SSSR count). The maximum atomic E-state index is 13.3. The number of sulfonamides is 1. The molecule has 1 heterocycles. The molecule has 0 saturated heterocycles. The van der Waals surface area contributed by atoms with Crippen molar-refractivity contribution in [1.29, 1.82) is 0 Å². The summed E-state index contributed by atoms with van der Waals surface area (Å²) in [5.41, 5.74) is 0.781. The Bertz CT molecular complexity index is 768. The third-order valence-electron chi connectivity index (χ3n) is 2.50. The van der Waals surface area contributed by atoms with Gasteiger partial charge in [-0.2, -0.15) is 0 Å². The maximum Gasteiger partial charge on any atom is 0.263 e. The molecule has 0 bridgehead atoms. The number of aryl methyl sites for hydroxylation is 1. The van der Waals surface area contributed by atoms with Crippen molar-refractivity contribution in [2.75, 3.05) is 4.72 Å². The van der Waals surface area contributed by atoms with E-state index in [1.54, 1.807) is 19.2 Å². The van der Waals surface area contributed by atoms with Crippen LogP contribution in [0.25, 0.3) is 0 Å². The predicted octanol–water partition coefficient (Wildman–Crippen LogP) is 3.75. The van der Waals surface area contributed by atoms with Crippen molar-refractivity contribution < 1.29 is 12.8 Å². The van der Waals surface area contributed by atoms with Gasteiger partial charge >= 0.3 is 0 Å². The minimum atomic E-state index is -3.99. The van der Waals surface area contributed by atoms with E-state index in [1.165, 1.54) is 12.1 Å². The van der Waals surface area contributed by atoms with Gasteiger partial charge in [-0.3, -0.25) is 9.71 Å². The van der Waals surface area contributed by atoms with E-state index >= 15 is 0 Å². The number of nitrogens with one attached hydrogen (secondary N) is 1. The first-order chi connectivity index (χ1) is 9.31. The van der Waals surface area contributed by atoms with Crippen molar-refractivity contribution in [3.8, 4) is 0 Å². The van der Waals surface area contributed by atoms with Crippen LogP contribution < -0.4 is 4.72 Å². The van der Waals surface area contributed by atoms with Crippen LogP contribution in [0.15, 0.2) is 39.8 Å². The number of pyridine rings is 1. The van der Waals surface area contributed by atoms with Crippen LogP contribution in [0.3, 0.4) is 0 Å². The molecule has 0 saturated carbocycles. The van der Waals surface area contributed by atoms with Crippen LogP contribution in [0.1, 0.15) is 5.69 Å². The van der Waals surface area contributed by atoms with Gasteiger partial charge in [0.2, 0.25) is 0 Å². The topological polar surface area (TPSA) is 59.1 Å². The highest BCUT2D eigenvalue weighted by Gasteiger charge is 2.21. The highest BCUT2D eigenvalue weighted by molar-refractivity contribution is 9.10. The van der Waals surface area contributed by atoms with Crippen molar-refractivity contribution in [2.45, 2.75) is 11.8 Å². The molecule has 0 fully saturated rings. The van der Waals surface area contributed by atoms with Crippen LogP contribution in [0.2, 0.25) is 5.02 Å². The third-order valence-corrected chi connectivity index (χ3v) is 4.84. The van der Waals surface area contributed by atoms with Crippen molar-refractivity contribution in [2.24, 2.45) is 0 Å². The summed E-state index contributed by atoms with van der Waals surface area (Å²) in [7, 11) is -3.99. The Balaban J connectivity index is 2.46. The number of hydrogen-bond donors (Lipinski definition) is 1. The Kier molecular flexibility index (Phi) is 4.31.